The lowest BCUT2D eigenvalue weighted by Gasteiger charge is -2.03. The fourth-order valence-electron chi connectivity index (χ4n) is 2.06. The molecule has 0 radical (unpaired) electrons. The highest BCUT2D eigenvalue weighted by Crippen LogP contribution is 2.35. The number of furan rings is 1. The van der Waals surface area contributed by atoms with Crippen LogP contribution in [0.2, 0.25) is 5.02 Å². The fourth-order valence-corrected chi connectivity index (χ4v) is 3.52. The third-order valence-electron chi connectivity index (χ3n) is 3.37. The normalized spacial score (nSPS) is 10.9. The number of benzene rings is 2. The van der Waals surface area contributed by atoms with Gasteiger partial charge in [0.25, 0.3) is 0 Å². The number of hydrogen-bond acceptors (Lipinski definition) is 4. The van der Waals surface area contributed by atoms with Gasteiger partial charge in [-0.15, -0.1) is 0 Å². The average molecular weight is 465 g/mol. The van der Waals surface area contributed by atoms with Crippen molar-refractivity contribution in [2.75, 3.05) is 5.32 Å². The minimum absolute atomic E-state index is 0.434. The van der Waals surface area contributed by atoms with Crippen molar-refractivity contribution in [3.05, 3.63) is 75.4 Å². The molecule has 2 aromatic carbocycles. The summed E-state index contributed by atoms with van der Waals surface area (Å²) >= 11 is 10.8. The maximum atomic E-state index is 11.8. The van der Waals surface area contributed by atoms with Crippen LogP contribution in [0.25, 0.3) is 0 Å². The number of anilines is 1. The Labute approximate surface area is 174 Å². The van der Waals surface area contributed by atoms with E-state index in [9.17, 15) is 4.79 Å². The quantitative estimate of drug-likeness (QED) is 0.343. The number of aryl methyl sites for hydroxylation is 1. The Hall–Kier alpha value is -2.22. The fraction of sp³-hybridized carbons (Fsp3) is 0.0526. The number of nitrogens with one attached hydrogen (secondary N) is 2. The molecule has 1 heterocycles. The van der Waals surface area contributed by atoms with Crippen molar-refractivity contribution >= 4 is 57.2 Å². The van der Waals surface area contributed by atoms with Gasteiger partial charge in [0, 0.05) is 21.7 Å². The maximum absolute atomic E-state index is 11.8. The van der Waals surface area contributed by atoms with E-state index in [4.69, 9.17) is 16.0 Å². The summed E-state index contributed by atoms with van der Waals surface area (Å²) in [4.78, 5) is 12.8. The molecule has 0 fully saturated rings. The van der Waals surface area contributed by atoms with Crippen molar-refractivity contribution in [2.24, 2.45) is 5.10 Å². The first-order valence-electron chi connectivity index (χ1n) is 7.89. The van der Waals surface area contributed by atoms with E-state index in [-0.39, 0.29) is 0 Å². The standard InChI is InChI=1S/C19H15BrClN3O2S/c1-12-2-6-14(7-3-12)23-19(25)24-22-11-15-10-17(20)18(26-15)27-16-8-4-13(21)5-9-16/h2-11H,1H3,(H2,23,24,25). The number of nitrogens with zero attached hydrogens (tertiary/aromatic N) is 1. The number of amides is 2. The molecule has 5 nitrogen and oxygen atoms in total. The Kier molecular flexibility index (Phi) is 6.60. The number of halogens is 2. The molecule has 0 unspecified atom stereocenters. The topological polar surface area (TPSA) is 66.6 Å². The van der Waals surface area contributed by atoms with Gasteiger partial charge in [-0.3, -0.25) is 0 Å². The summed E-state index contributed by atoms with van der Waals surface area (Å²) in [5.41, 5.74) is 4.21. The number of rotatable bonds is 5. The Morgan fingerprint density at radius 1 is 1.19 bits per heavy atom. The van der Waals surface area contributed by atoms with Crippen LogP contribution >= 0.6 is 39.3 Å². The zero-order valence-corrected chi connectivity index (χ0v) is 17.4. The molecule has 2 N–H and O–H groups in total. The zero-order chi connectivity index (χ0) is 19.2. The highest BCUT2D eigenvalue weighted by molar-refractivity contribution is 9.10. The van der Waals surface area contributed by atoms with Gasteiger partial charge in [-0.05, 0) is 59.3 Å². The SMILES string of the molecule is Cc1ccc(NC(=O)NN=Cc2cc(Br)c(Sc3ccc(Cl)cc3)o2)cc1. The van der Waals surface area contributed by atoms with E-state index in [2.05, 4.69) is 31.8 Å². The first-order valence-corrected chi connectivity index (χ1v) is 9.88. The van der Waals surface area contributed by atoms with Crippen LogP contribution in [0.15, 0.2) is 78.6 Å². The van der Waals surface area contributed by atoms with Crippen molar-refractivity contribution in [2.45, 2.75) is 16.9 Å². The summed E-state index contributed by atoms with van der Waals surface area (Å²) in [6.45, 7) is 1.98. The predicted octanol–water partition coefficient (Wildman–Crippen LogP) is 6.31. The van der Waals surface area contributed by atoms with Crippen LogP contribution in [-0.4, -0.2) is 12.2 Å². The molecule has 0 saturated heterocycles. The average Bonchev–Trinajstić information content (AvgIpc) is 2.98. The first-order chi connectivity index (χ1) is 13.0. The lowest BCUT2D eigenvalue weighted by Crippen LogP contribution is -2.24. The molecule has 0 bridgehead atoms. The van der Waals surface area contributed by atoms with E-state index in [1.54, 1.807) is 6.07 Å². The van der Waals surface area contributed by atoms with Crippen molar-refractivity contribution in [1.82, 2.24) is 5.43 Å². The maximum Gasteiger partial charge on any atom is 0.339 e. The van der Waals surface area contributed by atoms with Gasteiger partial charge in [0.1, 0.15) is 5.76 Å². The van der Waals surface area contributed by atoms with Gasteiger partial charge >= 0.3 is 6.03 Å². The second-order valence-corrected chi connectivity index (χ2v) is 7.87. The number of hydrogen-bond donors (Lipinski definition) is 2. The zero-order valence-electron chi connectivity index (χ0n) is 14.2. The van der Waals surface area contributed by atoms with Crippen LogP contribution in [0.4, 0.5) is 10.5 Å². The summed E-state index contributed by atoms with van der Waals surface area (Å²) in [5, 5.41) is 7.96. The Bertz CT molecular complexity index is 956. The van der Waals surface area contributed by atoms with E-state index < -0.39 is 6.03 Å². The van der Waals surface area contributed by atoms with Gasteiger partial charge in [-0.2, -0.15) is 5.10 Å². The molecule has 138 valence electrons. The summed E-state index contributed by atoms with van der Waals surface area (Å²) in [7, 11) is 0. The lowest BCUT2D eigenvalue weighted by molar-refractivity contribution is 0.252. The van der Waals surface area contributed by atoms with Crippen LogP contribution in [0, 0.1) is 6.92 Å². The summed E-state index contributed by atoms with van der Waals surface area (Å²) in [6, 6.07) is 16.3. The molecule has 8 heteroatoms. The van der Waals surface area contributed by atoms with Crippen LogP contribution < -0.4 is 10.7 Å². The molecule has 0 aliphatic heterocycles. The molecular weight excluding hydrogens is 450 g/mol. The molecule has 27 heavy (non-hydrogen) atoms. The van der Waals surface area contributed by atoms with Crippen LogP contribution in [0.1, 0.15) is 11.3 Å². The molecule has 1 aromatic heterocycles. The van der Waals surface area contributed by atoms with Crippen molar-refractivity contribution in [3.63, 3.8) is 0 Å². The number of hydrazone groups is 1. The minimum Gasteiger partial charge on any atom is -0.447 e. The molecule has 3 rings (SSSR count). The van der Waals surface area contributed by atoms with Gasteiger partial charge in [0.2, 0.25) is 0 Å². The van der Waals surface area contributed by atoms with Gasteiger partial charge in [0.15, 0.2) is 5.09 Å². The molecule has 2 amide bonds. The second kappa shape index (κ2) is 9.12. The van der Waals surface area contributed by atoms with Crippen molar-refractivity contribution < 1.29 is 9.21 Å². The third kappa shape index (κ3) is 5.89. The van der Waals surface area contributed by atoms with Gasteiger partial charge in [0.05, 0.1) is 10.7 Å². The number of carbonyl (C=O) groups excluding carboxylic acids is 1. The third-order valence-corrected chi connectivity index (χ3v) is 5.47. The van der Waals surface area contributed by atoms with E-state index in [0.29, 0.717) is 21.6 Å². The van der Waals surface area contributed by atoms with Gasteiger partial charge in [-0.1, -0.05) is 41.1 Å². The molecule has 0 saturated carbocycles. The van der Waals surface area contributed by atoms with E-state index in [0.717, 1.165) is 14.9 Å². The predicted molar refractivity (Wildman–Crippen MR) is 113 cm³/mol. The highest BCUT2D eigenvalue weighted by atomic mass is 79.9. The summed E-state index contributed by atoms with van der Waals surface area (Å²) in [5.74, 6) is 0.508. The summed E-state index contributed by atoms with van der Waals surface area (Å²) < 4.78 is 6.52. The Balaban J connectivity index is 1.56. The van der Waals surface area contributed by atoms with Crippen LogP contribution in [0.3, 0.4) is 0 Å². The van der Waals surface area contributed by atoms with Crippen molar-refractivity contribution in [1.29, 1.82) is 0 Å². The number of urea groups is 1. The highest BCUT2D eigenvalue weighted by Gasteiger charge is 2.10. The second-order valence-electron chi connectivity index (χ2n) is 5.53. The minimum atomic E-state index is -0.434. The van der Waals surface area contributed by atoms with Crippen LogP contribution in [0.5, 0.6) is 0 Å². The van der Waals surface area contributed by atoms with Crippen molar-refractivity contribution in [3.8, 4) is 0 Å². The first kappa shape index (κ1) is 19.5. The monoisotopic (exact) mass is 463 g/mol. The lowest BCUT2D eigenvalue weighted by atomic mass is 10.2. The largest absolute Gasteiger partial charge is 0.447 e. The number of carbonyl (C=O) groups is 1. The van der Waals surface area contributed by atoms with E-state index >= 15 is 0 Å². The Morgan fingerprint density at radius 3 is 2.59 bits per heavy atom. The summed E-state index contributed by atoms with van der Waals surface area (Å²) in [6.07, 6.45) is 1.44. The molecule has 3 aromatic rings. The molecular formula is C19H15BrClN3O2S. The van der Waals surface area contributed by atoms with Gasteiger partial charge < -0.3 is 9.73 Å². The Morgan fingerprint density at radius 2 is 1.89 bits per heavy atom. The molecule has 0 spiro atoms. The van der Waals surface area contributed by atoms with Gasteiger partial charge in [-0.25, -0.2) is 10.2 Å². The van der Waals surface area contributed by atoms with Crippen LogP contribution in [-0.2, 0) is 0 Å². The smallest absolute Gasteiger partial charge is 0.339 e. The molecule has 0 aliphatic carbocycles. The van der Waals surface area contributed by atoms with E-state index in [1.807, 2.05) is 55.5 Å². The van der Waals surface area contributed by atoms with E-state index in [1.165, 1.54) is 18.0 Å². The molecule has 0 atom stereocenters. The molecule has 0 aliphatic rings.